The van der Waals surface area contributed by atoms with Crippen molar-refractivity contribution in [3.05, 3.63) is 63.2 Å². The van der Waals surface area contributed by atoms with Gasteiger partial charge in [0.1, 0.15) is 16.8 Å². The van der Waals surface area contributed by atoms with Crippen LogP contribution in [0.5, 0.6) is 0 Å². The van der Waals surface area contributed by atoms with Crippen LogP contribution in [0.4, 0.5) is 32.2 Å². The standard InChI is InChI=1S/C24H22F6N4O3/c1-12-8-15(25)18(16(26)9-12)34-11-14(22(36)32-23(2,3)24(28,29)30)19(35)13-10-17(27)21(31-20(13)34)33-4-6-37-7-5-33/h8-11H,4-7H2,1-3H3,(H,32,36). The summed E-state index contributed by atoms with van der Waals surface area (Å²) in [6.45, 7) is 3.82. The van der Waals surface area contributed by atoms with Crippen molar-refractivity contribution in [1.29, 1.82) is 0 Å². The van der Waals surface area contributed by atoms with Gasteiger partial charge < -0.3 is 15.0 Å². The van der Waals surface area contributed by atoms with Crippen LogP contribution in [-0.2, 0) is 4.74 Å². The van der Waals surface area contributed by atoms with E-state index in [0.29, 0.717) is 20.0 Å². The van der Waals surface area contributed by atoms with Crippen molar-refractivity contribution in [2.75, 3.05) is 31.2 Å². The molecule has 0 saturated carbocycles. The average molecular weight is 528 g/mol. The van der Waals surface area contributed by atoms with Crippen molar-refractivity contribution in [3.8, 4) is 5.69 Å². The van der Waals surface area contributed by atoms with Gasteiger partial charge in [0.25, 0.3) is 5.91 Å². The first-order valence-corrected chi connectivity index (χ1v) is 11.1. The monoisotopic (exact) mass is 528 g/mol. The molecule has 0 radical (unpaired) electrons. The van der Waals surface area contributed by atoms with Gasteiger partial charge in [0.2, 0.25) is 5.43 Å². The van der Waals surface area contributed by atoms with Crippen LogP contribution in [0.1, 0.15) is 29.8 Å². The van der Waals surface area contributed by atoms with Crippen LogP contribution in [0.2, 0.25) is 0 Å². The molecule has 0 aliphatic carbocycles. The maximum Gasteiger partial charge on any atom is 0.410 e. The Kier molecular flexibility index (Phi) is 6.69. The SMILES string of the molecule is Cc1cc(F)c(-n2cc(C(=O)NC(C)(C)C(F)(F)F)c(=O)c3cc(F)c(N4CCOCC4)nc32)c(F)c1. The molecule has 1 amide bonds. The van der Waals surface area contributed by atoms with E-state index < -0.39 is 57.1 Å². The number of nitrogens with one attached hydrogen (secondary N) is 1. The fourth-order valence-corrected chi connectivity index (χ4v) is 3.89. The number of fused-ring (bicyclic) bond motifs is 1. The van der Waals surface area contributed by atoms with Crippen LogP contribution in [0.25, 0.3) is 16.7 Å². The van der Waals surface area contributed by atoms with Crippen LogP contribution in [0.15, 0.2) is 29.2 Å². The van der Waals surface area contributed by atoms with Gasteiger partial charge in [-0.3, -0.25) is 14.2 Å². The number of aryl methyl sites for hydroxylation is 1. The summed E-state index contributed by atoms with van der Waals surface area (Å²) in [6.07, 6.45) is -4.17. The third kappa shape index (κ3) is 4.87. The number of pyridine rings is 2. The lowest BCUT2D eigenvalue weighted by Gasteiger charge is -2.29. The smallest absolute Gasteiger partial charge is 0.378 e. The molecule has 1 aromatic carbocycles. The fourth-order valence-electron chi connectivity index (χ4n) is 3.89. The number of rotatable bonds is 4. The predicted molar refractivity (Wildman–Crippen MR) is 123 cm³/mol. The van der Waals surface area contributed by atoms with Gasteiger partial charge in [-0.25, -0.2) is 18.2 Å². The number of carbonyl (C=O) groups is 1. The Morgan fingerprint density at radius 3 is 2.19 bits per heavy atom. The highest BCUT2D eigenvalue weighted by Crippen LogP contribution is 2.30. The molecule has 3 aromatic rings. The fraction of sp³-hybridized carbons (Fsp3) is 0.375. The first kappa shape index (κ1) is 26.5. The van der Waals surface area contributed by atoms with Gasteiger partial charge in [0.15, 0.2) is 28.9 Å². The second-order valence-corrected chi connectivity index (χ2v) is 9.16. The van der Waals surface area contributed by atoms with Crippen molar-refractivity contribution < 1.29 is 35.9 Å². The number of nitrogens with zero attached hydrogens (tertiary/aromatic N) is 3. The summed E-state index contributed by atoms with van der Waals surface area (Å²) in [5, 5.41) is 1.16. The Balaban J connectivity index is 2.00. The van der Waals surface area contributed by atoms with Crippen molar-refractivity contribution in [1.82, 2.24) is 14.9 Å². The quantitative estimate of drug-likeness (QED) is 0.518. The van der Waals surface area contributed by atoms with E-state index in [1.807, 2.05) is 0 Å². The summed E-state index contributed by atoms with van der Waals surface area (Å²) < 4.78 is 91.1. The highest BCUT2D eigenvalue weighted by Gasteiger charge is 2.48. The van der Waals surface area contributed by atoms with E-state index in [-0.39, 0.29) is 43.3 Å². The van der Waals surface area contributed by atoms with Gasteiger partial charge in [0, 0.05) is 19.3 Å². The number of anilines is 1. The van der Waals surface area contributed by atoms with Crippen LogP contribution < -0.4 is 15.6 Å². The molecule has 1 N–H and O–H groups in total. The van der Waals surface area contributed by atoms with Crippen molar-refractivity contribution in [2.45, 2.75) is 32.5 Å². The number of halogens is 6. The zero-order valence-corrected chi connectivity index (χ0v) is 20.0. The van der Waals surface area contributed by atoms with Crippen molar-refractivity contribution in [2.24, 2.45) is 0 Å². The van der Waals surface area contributed by atoms with Gasteiger partial charge >= 0.3 is 6.18 Å². The summed E-state index contributed by atoms with van der Waals surface area (Å²) in [5.41, 5.74) is -5.70. The van der Waals surface area contributed by atoms with Gasteiger partial charge in [-0.2, -0.15) is 13.2 Å². The highest BCUT2D eigenvalue weighted by atomic mass is 19.4. The summed E-state index contributed by atoms with van der Waals surface area (Å²) in [6, 6.07) is 2.73. The second kappa shape index (κ2) is 9.36. The number of benzene rings is 1. The van der Waals surface area contributed by atoms with Gasteiger partial charge in [-0.1, -0.05) is 0 Å². The Morgan fingerprint density at radius 1 is 1.03 bits per heavy atom. The zero-order chi connectivity index (χ0) is 27.3. The molecule has 37 heavy (non-hydrogen) atoms. The van der Waals surface area contributed by atoms with E-state index >= 15 is 13.2 Å². The van der Waals surface area contributed by atoms with Gasteiger partial charge in [0.05, 0.1) is 18.6 Å². The third-order valence-electron chi connectivity index (χ3n) is 6.01. The molecule has 7 nitrogen and oxygen atoms in total. The van der Waals surface area contributed by atoms with E-state index in [1.165, 1.54) is 11.8 Å². The molecule has 2 aromatic heterocycles. The molecule has 0 bridgehead atoms. The number of hydrogen-bond donors (Lipinski definition) is 1. The molecule has 198 valence electrons. The largest absolute Gasteiger partial charge is 0.410 e. The Morgan fingerprint density at radius 2 is 1.62 bits per heavy atom. The summed E-state index contributed by atoms with van der Waals surface area (Å²) >= 11 is 0. The Hall–Kier alpha value is -3.61. The van der Waals surface area contributed by atoms with Crippen LogP contribution in [0.3, 0.4) is 0 Å². The summed E-state index contributed by atoms with van der Waals surface area (Å²) in [4.78, 5) is 31.7. The lowest BCUT2D eigenvalue weighted by atomic mass is 10.0. The first-order valence-electron chi connectivity index (χ1n) is 11.1. The summed E-state index contributed by atoms with van der Waals surface area (Å²) in [7, 11) is 0. The van der Waals surface area contributed by atoms with E-state index in [4.69, 9.17) is 4.74 Å². The normalized spacial score (nSPS) is 14.8. The number of amides is 1. The first-order chi connectivity index (χ1) is 17.2. The molecule has 3 heterocycles. The molecule has 1 aliphatic rings. The molecule has 0 spiro atoms. The average Bonchev–Trinajstić information content (AvgIpc) is 2.79. The Bertz CT molecular complexity index is 1420. The molecule has 1 fully saturated rings. The zero-order valence-electron chi connectivity index (χ0n) is 20.0. The highest BCUT2D eigenvalue weighted by molar-refractivity contribution is 5.97. The lowest BCUT2D eigenvalue weighted by molar-refractivity contribution is -0.182. The molecular weight excluding hydrogens is 506 g/mol. The molecule has 1 aliphatic heterocycles. The van der Waals surface area contributed by atoms with Gasteiger partial charge in [-0.05, 0) is 44.5 Å². The number of ether oxygens (including phenoxy) is 1. The van der Waals surface area contributed by atoms with E-state index in [0.717, 1.165) is 22.8 Å². The van der Waals surface area contributed by atoms with Crippen LogP contribution in [-0.4, -0.2) is 53.5 Å². The van der Waals surface area contributed by atoms with Gasteiger partial charge in [-0.15, -0.1) is 0 Å². The van der Waals surface area contributed by atoms with Crippen molar-refractivity contribution in [3.63, 3.8) is 0 Å². The minimum atomic E-state index is -4.88. The number of carbonyl (C=O) groups excluding carboxylic acids is 1. The van der Waals surface area contributed by atoms with Crippen molar-refractivity contribution >= 4 is 22.8 Å². The number of alkyl halides is 3. The van der Waals surface area contributed by atoms with E-state index in [9.17, 15) is 22.8 Å². The topological polar surface area (TPSA) is 76.5 Å². The number of aromatic nitrogens is 2. The van der Waals surface area contributed by atoms with E-state index in [1.54, 1.807) is 5.32 Å². The second-order valence-electron chi connectivity index (χ2n) is 9.16. The molecule has 1 saturated heterocycles. The summed E-state index contributed by atoms with van der Waals surface area (Å²) in [5.74, 6) is -4.83. The molecule has 0 atom stereocenters. The molecule has 13 heteroatoms. The van der Waals surface area contributed by atoms with E-state index in [2.05, 4.69) is 4.98 Å². The molecule has 4 rings (SSSR count). The molecule has 0 unspecified atom stereocenters. The maximum absolute atomic E-state index is 15.1. The van der Waals surface area contributed by atoms with Crippen LogP contribution in [0, 0.1) is 24.4 Å². The van der Waals surface area contributed by atoms with Crippen LogP contribution >= 0.6 is 0 Å². The minimum absolute atomic E-state index is 0.215. The molecular formula is C24H22F6N4O3. The predicted octanol–water partition coefficient (Wildman–Crippen LogP) is 4.02. The number of hydrogen-bond acceptors (Lipinski definition) is 5. The maximum atomic E-state index is 15.1. The lowest BCUT2D eigenvalue weighted by Crippen LogP contribution is -2.54. The number of morpholine rings is 1. The Labute approximate surface area is 206 Å². The third-order valence-corrected chi connectivity index (χ3v) is 6.01. The minimum Gasteiger partial charge on any atom is -0.378 e.